The number of hydrogen-bond acceptors (Lipinski definition) is 3. The molecule has 1 fully saturated rings. The Kier molecular flexibility index (Phi) is 3.39. The standard InChI is InChI=1S/C14H17N3S/c1-11-7-8-18-14(16-11)12-9-15-17(10-12)13-5-3-2-4-6-13/h2-6,9-11,14,16H,7-8H2,1H3. The third-order valence-corrected chi connectivity index (χ3v) is 4.41. The topological polar surface area (TPSA) is 29.9 Å². The number of rotatable bonds is 2. The summed E-state index contributed by atoms with van der Waals surface area (Å²) in [7, 11) is 0. The van der Waals surface area contributed by atoms with Crippen LogP contribution in [0, 0.1) is 0 Å². The average Bonchev–Trinajstić information content (AvgIpc) is 2.89. The minimum absolute atomic E-state index is 0.381. The Hall–Kier alpha value is -1.26. The third-order valence-electron chi connectivity index (χ3n) is 3.20. The molecule has 1 aliphatic heterocycles. The van der Waals surface area contributed by atoms with E-state index in [1.54, 1.807) is 0 Å². The molecule has 1 aromatic carbocycles. The van der Waals surface area contributed by atoms with Crippen LogP contribution < -0.4 is 5.32 Å². The van der Waals surface area contributed by atoms with E-state index >= 15 is 0 Å². The van der Waals surface area contributed by atoms with Gasteiger partial charge in [0.1, 0.15) is 0 Å². The highest BCUT2D eigenvalue weighted by Gasteiger charge is 2.21. The first-order valence-electron chi connectivity index (χ1n) is 6.30. The Labute approximate surface area is 112 Å². The van der Waals surface area contributed by atoms with Crippen molar-refractivity contribution in [2.75, 3.05) is 5.75 Å². The van der Waals surface area contributed by atoms with Gasteiger partial charge in [-0.1, -0.05) is 18.2 Å². The van der Waals surface area contributed by atoms with Crippen LogP contribution in [-0.2, 0) is 0 Å². The monoisotopic (exact) mass is 259 g/mol. The van der Waals surface area contributed by atoms with Crippen molar-refractivity contribution in [2.24, 2.45) is 0 Å². The summed E-state index contributed by atoms with van der Waals surface area (Å²) < 4.78 is 1.94. The largest absolute Gasteiger partial charge is 0.299 e. The van der Waals surface area contributed by atoms with E-state index in [4.69, 9.17) is 0 Å². The minimum atomic E-state index is 0.381. The molecule has 94 valence electrons. The van der Waals surface area contributed by atoms with Gasteiger partial charge in [0.2, 0.25) is 0 Å². The van der Waals surface area contributed by atoms with Gasteiger partial charge >= 0.3 is 0 Å². The summed E-state index contributed by atoms with van der Waals surface area (Å²) in [6.07, 6.45) is 5.34. The van der Waals surface area contributed by atoms with E-state index in [2.05, 4.69) is 35.7 Å². The lowest BCUT2D eigenvalue weighted by Gasteiger charge is -2.27. The van der Waals surface area contributed by atoms with Gasteiger partial charge in [-0.2, -0.15) is 5.10 Å². The molecule has 3 nitrogen and oxygen atoms in total. The normalized spacial score (nSPS) is 24.1. The fourth-order valence-corrected chi connectivity index (χ4v) is 3.51. The SMILES string of the molecule is CC1CCSC(c2cnn(-c3ccccc3)c2)N1. The van der Waals surface area contributed by atoms with Gasteiger partial charge in [0, 0.05) is 17.8 Å². The molecule has 0 aliphatic carbocycles. The first-order valence-corrected chi connectivity index (χ1v) is 7.35. The zero-order valence-corrected chi connectivity index (χ0v) is 11.2. The van der Waals surface area contributed by atoms with Gasteiger partial charge in [-0.05, 0) is 31.2 Å². The van der Waals surface area contributed by atoms with Gasteiger partial charge in [-0.15, -0.1) is 11.8 Å². The van der Waals surface area contributed by atoms with Crippen LogP contribution in [0.15, 0.2) is 42.7 Å². The zero-order valence-electron chi connectivity index (χ0n) is 10.4. The summed E-state index contributed by atoms with van der Waals surface area (Å²) >= 11 is 1.96. The van der Waals surface area contributed by atoms with Crippen molar-refractivity contribution in [3.05, 3.63) is 48.3 Å². The second-order valence-electron chi connectivity index (χ2n) is 4.66. The van der Waals surface area contributed by atoms with Gasteiger partial charge in [0.25, 0.3) is 0 Å². The molecule has 1 aromatic heterocycles. The molecular formula is C14H17N3S. The molecule has 2 heterocycles. The van der Waals surface area contributed by atoms with Gasteiger partial charge < -0.3 is 0 Å². The van der Waals surface area contributed by atoms with Crippen LogP contribution in [0.4, 0.5) is 0 Å². The van der Waals surface area contributed by atoms with Crippen LogP contribution >= 0.6 is 11.8 Å². The van der Waals surface area contributed by atoms with E-state index in [0.29, 0.717) is 11.4 Å². The van der Waals surface area contributed by atoms with Crippen LogP contribution in [-0.4, -0.2) is 21.6 Å². The lowest BCUT2D eigenvalue weighted by atomic mass is 10.2. The molecule has 0 radical (unpaired) electrons. The third kappa shape index (κ3) is 2.44. The van der Waals surface area contributed by atoms with Gasteiger partial charge in [-0.25, -0.2) is 4.68 Å². The van der Waals surface area contributed by atoms with E-state index in [0.717, 1.165) is 5.69 Å². The lowest BCUT2D eigenvalue weighted by molar-refractivity contribution is 0.512. The molecule has 2 unspecified atom stereocenters. The van der Waals surface area contributed by atoms with Crippen molar-refractivity contribution in [2.45, 2.75) is 24.8 Å². The molecule has 0 spiro atoms. The van der Waals surface area contributed by atoms with Crippen molar-refractivity contribution < 1.29 is 0 Å². The number of benzene rings is 1. The molecule has 1 saturated heterocycles. The Morgan fingerprint density at radius 2 is 2.17 bits per heavy atom. The van der Waals surface area contributed by atoms with E-state index in [1.807, 2.05) is 40.8 Å². The number of nitrogens with one attached hydrogen (secondary N) is 1. The van der Waals surface area contributed by atoms with Crippen molar-refractivity contribution in [3.63, 3.8) is 0 Å². The molecular weight excluding hydrogens is 242 g/mol. The quantitative estimate of drug-likeness (QED) is 0.899. The molecule has 2 aromatic rings. The molecule has 0 amide bonds. The van der Waals surface area contributed by atoms with Crippen molar-refractivity contribution >= 4 is 11.8 Å². The fourth-order valence-electron chi connectivity index (χ4n) is 2.14. The predicted molar refractivity (Wildman–Crippen MR) is 76.0 cm³/mol. The Bertz CT molecular complexity index is 509. The Balaban J connectivity index is 1.81. The summed E-state index contributed by atoms with van der Waals surface area (Å²) in [4.78, 5) is 0. The van der Waals surface area contributed by atoms with Crippen molar-refractivity contribution in [3.8, 4) is 5.69 Å². The second-order valence-corrected chi connectivity index (χ2v) is 5.87. The van der Waals surface area contributed by atoms with Crippen molar-refractivity contribution in [1.29, 1.82) is 0 Å². The molecule has 4 heteroatoms. The zero-order chi connectivity index (χ0) is 12.4. The molecule has 1 aliphatic rings. The summed E-state index contributed by atoms with van der Waals surface area (Å²) in [5.41, 5.74) is 2.37. The van der Waals surface area contributed by atoms with Crippen LogP contribution in [0.25, 0.3) is 5.69 Å². The fraction of sp³-hybridized carbons (Fsp3) is 0.357. The first-order chi connectivity index (χ1) is 8.83. The van der Waals surface area contributed by atoms with E-state index in [9.17, 15) is 0 Å². The maximum atomic E-state index is 4.45. The first kappa shape index (κ1) is 11.8. The molecule has 0 bridgehead atoms. The minimum Gasteiger partial charge on any atom is -0.299 e. The van der Waals surface area contributed by atoms with Crippen LogP contribution in [0.1, 0.15) is 24.3 Å². The van der Waals surface area contributed by atoms with E-state index in [1.165, 1.54) is 17.7 Å². The highest BCUT2D eigenvalue weighted by atomic mass is 32.2. The number of thioether (sulfide) groups is 1. The Morgan fingerprint density at radius 3 is 2.94 bits per heavy atom. The molecule has 3 rings (SSSR count). The highest BCUT2D eigenvalue weighted by molar-refractivity contribution is 7.99. The number of para-hydroxylation sites is 1. The summed E-state index contributed by atoms with van der Waals surface area (Å²) in [6, 6.07) is 10.8. The smallest absolute Gasteiger partial charge is 0.0822 e. The number of hydrogen-bond donors (Lipinski definition) is 1. The highest BCUT2D eigenvalue weighted by Crippen LogP contribution is 2.31. The van der Waals surface area contributed by atoms with Crippen molar-refractivity contribution in [1.82, 2.24) is 15.1 Å². The van der Waals surface area contributed by atoms with E-state index in [-0.39, 0.29) is 0 Å². The Morgan fingerprint density at radius 1 is 1.33 bits per heavy atom. The average molecular weight is 259 g/mol. The maximum Gasteiger partial charge on any atom is 0.0822 e. The molecule has 2 atom stereocenters. The molecule has 18 heavy (non-hydrogen) atoms. The van der Waals surface area contributed by atoms with Crippen LogP contribution in [0.3, 0.4) is 0 Å². The second kappa shape index (κ2) is 5.16. The summed E-state index contributed by atoms with van der Waals surface area (Å²) in [6.45, 7) is 2.24. The van der Waals surface area contributed by atoms with Crippen LogP contribution in [0.5, 0.6) is 0 Å². The maximum absolute atomic E-state index is 4.45. The lowest BCUT2D eigenvalue weighted by Crippen LogP contribution is -2.33. The van der Waals surface area contributed by atoms with Gasteiger partial charge in [-0.3, -0.25) is 5.32 Å². The van der Waals surface area contributed by atoms with Gasteiger partial charge in [0.05, 0.1) is 17.3 Å². The summed E-state index contributed by atoms with van der Waals surface area (Å²) in [5.74, 6) is 1.22. The number of nitrogens with zero attached hydrogens (tertiary/aromatic N) is 2. The predicted octanol–water partition coefficient (Wildman–Crippen LogP) is 2.99. The summed E-state index contributed by atoms with van der Waals surface area (Å²) in [5, 5.41) is 8.44. The molecule has 1 N–H and O–H groups in total. The van der Waals surface area contributed by atoms with E-state index < -0.39 is 0 Å². The number of aromatic nitrogens is 2. The van der Waals surface area contributed by atoms with Gasteiger partial charge in [0.15, 0.2) is 0 Å². The molecule has 0 saturated carbocycles. The van der Waals surface area contributed by atoms with Crippen LogP contribution in [0.2, 0.25) is 0 Å².